The van der Waals surface area contributed by atoms with Gasteiger partial charge in [0.1, 0.15) is 5.01 Å². The van der Waals surface area contributed by atoms with E-state index in [4.69, 9.17) is 9.84 Å². The number of aromatic nitrogens is 1. The minimum absolute atomic E-state index is 0.230. The first-order chi connectivity index (χ1) is 8.16. The van der Waals surface area contributed by atoms with Crippen molar-refractivity contribution in [2.45, 2.75) is 19.6 Å². The van der Waals surface area contributed by atoms with Gasteiger partial charge in [0.25, 0.3) is 0 Å². The zero-order valence-electron chi connectivity index (χ0n) is 9.12. The Kier molecular flexibility index (Phi) is 3.88. The van der Waals surface area contributed by atoms with Crippen molar-refractivity contribution in [2.24, 2.45) is 0 Å². The first-order valence-electron chi connectivity index (χ1n) is 4.98. The third kappa shape index (κ3) is 3.12. The monoisotopic (exact) mass is 269 g/mol. The van der Waals surface area contributed by atoms with Crippen molar-refractivity contribution in [1.82, 2.24) is 4.98 Å². The molecule has 0 bridgehead atoms. The maximum Gasteiger partial charge on any atom is 0.332 e. The Balaban J connectivity index is 1.97. The molecule has 2 aromatic heterocycles. The molecule has 0 aliphatic carbocycles. The van der Waals surface area contributed by atoms with Gasteiger partial charge in [0.05, 0.1) is 12.3 Å². The van der Waals surface area contributed by atoms with Crippen LogP contribution in [0, 0.1) is 0 Å². The Labute approximate surface area is 107 Å². The van der Waals surface area contributed by atoms with Crippen LogP contribution in [0.15, 0.2) is 22.2 Å². The quantitative estimate of drug-likeness (QED) is 0.906. The summed E-state index contributed by atoms with van der Waals surface area (Å²) >= 11 is 3.16. The fourth-order valence-corrected chi connectivity index (χ4v) is 2.69. The van der Waals surface area contributed by atoms with Crippen molar-refractivity contribution >= 4 is 28.6 Å². The molecule has 6 heteroatoms. The Bertz CT molecular complexity index is 493. The Hall–Kier alpha value is -1.24. The molecule has 0 aliphatic rings. The molecule has 2 rings (SSSR count). The van der Waals surface area contributed by atoms with Crippen LogP contribution >= 0.6 is 22.7 Å². The van der Waals surface area contributed by atoms with Crippen molar-refractivity contribution in [3.8, 4) is 10.6 Å². The molecule has 2 heterocycles. The number of carbonyl (C=O) groups is 1. The summed E-state index contributed by atoms with van der Waals surface area (Å²) in [6.45, 7) is 1.74. The van der Waals surface area contributed by atoms with Gasteiger partial charge in [-0.1, -0.05) is 0 Å². The average molecular weight is 269 g/mol. The molecule has 90 valence electrons. The van der Waals surface area contributed by atoms with E-state index in [0.717, 1.165) is 16.3 Å². The zero-order chi connectivity index (χ0) is 12.3. The van der Waals surface area contributed by atoms with Gasteiger partial charge in [-0.05, 0) is 18.4 Å². The van der Waals surface area contributed by atoms with Crippen LogP contribution in [-0.4, -0.2) is 22.2 Å². The summed E-state index contributed by atoms with van der Waals surface area (Å²) in [4.78, 5) is 15.0. The predicted octanol–water partition coefficient (Wildman–Crippen LogP) is 2.86. The molecule has 4 nitrogen and oxygen atoms in total. The zero-order valence-corrected chi connectivity index (χ0v) is 10.8. The molecule has 0 unspecified atom stereocenters. The molecule has 0 aromatic carbocycles. The van der Waals surface area contributed by atoms with Gasteiger partial charge in [-0.3, -0.25) is 0 Å². The van der Waals surface area contributed by atoms with Gasteiger partial charge < -0.3 is 9.84 Å². The molecule has 0 aliphatic heterocycles. The van der Waals surface area contributed by atoms with E-state index in [-0.39, 0.29) is 6.61 Å². The van der Waals surface area contributed by atoms with Crippen molar-refractivity contribution < 1.29 is 14.6 Å². The SMILES string of the molecule is C[C@@H](OCc1csc(-c2ccsc2)n1)C(=O)O. The molecular weight excluding hydrogens is 258 g/mol. The van der Waals surface area contributed by atoms with E-state index in [2.05, 4.69) is 4.98 Å². The number of ether oxygens (including phenoxy) is 1. The topological polar surface area (TPSA) is 59.4 Å². The molecule has 0 fully saturated rings. The van der Waals surface area contributed by atoms with Gasteiger partial charge in [-0.25, -0.2) is 9.78 Å². The summed E-state index contributed by atoms with van der Waals surface area (Å²) in [7, 11) is 0. The van der Waals surface area contributed by atoms with E-state index in [1.165, 1.54) is 18.3 Å². The lowest BCUT2D eigenvalue weighted by Crippen LogP contribution is -2.19. The summed E-state index contributed by atoms with van der Waals surface area (Å²) in [6, 6.07) is 2.01. The fraction of sp³-hybridized carbons (Fsp3) is 0.273. The molecular formula is C11H11NO3S2. The van der Waals surface area contributed by atoms with Gasteiger partial charge >= 0.3 is 5.97 Å². The molecule has 0 spiro atoms. The second-order valence-electron chi connectivity index (χ2n) is 3.45. The number of thiazole rings is 1. The normalized spacial score (nSPS) is 12.5. The lowest BCUT2D eigenvalue weighted by molar-refractivity contribution is -0.149. The first-order valence-corrected chi connectivity index (χ1v) is 6.80. The van der Waals surface area contributed by atoms with Crippen LogP contribution in [0.3, 0.4) is 0 Å². The number of nitrogens with zero attached hydrogens (tertiary/aromatic N) is 1. The highest BCUT2D eigenvalue weighted by molar-refractivity contribution is 7.14. The molecule has 17 heavy (non-hydrogen) atoms. The second-order valence-corrected chi connectivity index (χ2v) is 5.09. The van der Waals surface area contributed by atoms with Crippen LogP contribution in [0.4, 0.5) is 0 Å². The lowest BCUT2D eigenvalue weighted by atomic mass is 10.3. The van der Waals surface area contributed by atoms with E-state index in [1.807, 2.05) is 22.2 Å². The Morgan fingerprint density at radius 1 is 1.59 bits per heavy atom. The summed E-state index contributed by atoms with van der Waals surface area (Å²) in [6.07, 6.45) is -0.804. The minimum atomic E-state index is -0.960. The Morgan fingerprint density at radius 2 is 2.41 bits per heavy atom. The van der Waals surface area contributed by atoms with Crippen molar-refractivity contribution in [2.75, 3.05) is 0 Å². The van der Waals surface area contributed by atoms with E-state index in [0.29, 0.717) is 0 Å². The number of carboxylic acid groups (broad SMARTS) is 1. The van der Waals surface area contributed by atoms with Crippen LogP contribution < -0.4 is 0 Å². The van der Waals surface area contributed by atoms with Gasteiger partial charge in [-0.15, -0.1) is 11.3 Å². The summed E-state index contributed by atoms with van der Waals surface area (Å²) in [5.74, 6) is -0.960. The molecule has 0 radical (unpaired) electrons. The largest absolute Gasteiger partial charge is 0.479 e. The van der Waals surface area contributed by atoms with Crippen molar-refractivity contribution in [1.29, 1.82) is 0 Å². The molecule has 1 atom stereocenters. The lowest BCUT2D eigenvalue weighted by Gasteiger charge is -2.05. The third-order valence-corrected chi connectivity index (χ3v) is 3.77. The van der Waals surface area contributed by atoms with E-state index in [9.17, 15) is 4.79 Å². The summed E-state index contributed by atoms with van der Waals surface area (Å²) < 4.78 is 5.17. The minimum Gasteiger partial charge on any atom is -0.479 e. The smallest absolute Gasteiger partial charge is 0.332 e. The van der Waals surface area contributed by atoms with Crippen LogP contribution in [0.2, 0.25) is 0 Å². The van der Waals surface area contributed by atoms with E-state index >= 15 is 0 Å². The van der Waals surface area contributed by atoms with Gasteiger partial charge in [0, 0.05) is 16.3 Å². The average Bonchev–Trinajstić information content (AvgIpc) is 2.95. The van der Waals surface area contributed by atoms with Crippen LogP contribution in [0.5, 0.6) is 0 Å². The number of hydrogen-bond acceptors (Lipinski definition) is 5. The first kappa shape index (κ1) is 12.2. The highest BCUT2D eigenvalue weighted by atomic mass is 32.1. The van der Waals surface area contributed by atoms with Crippen LogP contribution in [0.25, 0.3) is 10.6 Å². The number of rotatable bonds is 5. The summed E-state index contributed by atoms with van der Waals surface area (Å²) in [5.41, 5.74) is 1.86. The number of aliphatic carboxylic acids is 1. The molecule has 0 amide bonds. The van der Waals surface area contributed by atoms with Gasteiger partial charge in [0.15, 0.2) is 6.10 Å². The molecule has 0 saturated carbocycles. The highest BCUT2D eigenvalue weighted by Crippen LogP contribution is 2.25. The highest BCUT2D eigenvalue weighted by Gasteiger charge is 2.12. The summed E-state index contributed by atoms with van der Waals surface area (Å²) in [5, 5.41) is 15.5. The predicted molar refractivity (Wildman–Crippen MR) is 67.3 cm³/mol. The standard InChI is InChI=1S/C11H11NO3S2/c1-7(11(13)14)15-4-9-6-17-10(12-9)8-2-3-16-5-8/h2-3,5-7H,4H2,1H3,(H,13,14)/t7-/m1/s1. The number of thiophene rings is 1. The van der Waals surface area contributed by atoms with E-state index < -0.39 is 12.1 Å². The maximum atomic E-state index is 10.6. The van der Waals surface area contributed by atoms with Gasteiger partial charge in [-0.2, -0.15) is 11.3 Å². The maximum absolute atomic E-state index is 10.6. The molecule has 2 aromatic rings. The third-order valence-electron chi connectivity index (χ3n) is 2.15. The Morgan fingerprint density at radius 3 is 3.06 bits per heavy atom. The van der Waals surface area contributed by atoms with Crippen LogP contribution in [-0.2, 0) is 16.1 Å². The van der Waals surface area contributed by atoms with E-state index in [1.54, 1.807) is 11.3 Å². The van der Waals surface area contributed by atoms with Gasteiger partial charge in [0.2, 0.25) is 0 Å². The fourth-order valence-electron chi connectivity index (χ4n) is 1.17. The number of hydrogen-bond donors (Lipinski definition) is 1. The molecule has 0 saturated heterocycles. The second kappa shape index (κ2) is 5.39. The van der Waals surface area contributed by atoms with Crippen molar-refractivity contribution in [3.63, 3.8) is 0 Å². The molecule has 1 N–H and O–H groups in total. The number of carboxylic acids is 1. The van der Waals surface area contributed by atoms with Crippen molar-refractivity contribution in [3.05, 3.63) is 27.9 Å². The van der Waals surface area contributed by atoms with Crippen LogP contribution in [0.1, 0.15) is 12.6 Å².